The first-order valence-corrected chi connectivity index (χ1v) is 5.86. The number of hydrogen-bond donors (Lipinski definition) is 1. The Balaban J connectivity index is 4.19. The molecular formula is C11H22F3NO. The van der Waals surface area contributed by atoms with Crippen molar-refractivity contribution < 1.29 is 17.9 Å². The van der Waals surface area contributed by atoms with Crippen molar-refractivity contribution in [1.29, 1.82) is 0 Å². The van der Waals surface area contributed by atoms with Gasteiger partial charge in [-0.2, -0.15) is 13.2 Å². The molecule has 0 aromatic rings. The van der Waals surface area contributed by atoms with Gasteiger partial charge in [-0.15, -0.1) is 0 Å². The maximum atomic E-state index is 12.0. The largest absolute Gasteiger partial charge is 0.411 e. The highest BCUT2D eigenvalue weighted by molar-refractivity contribution is 4.75. The van der Waals surface area contributed by atoms with Crippen molar-refractivity contribution in [1.82, 2.24) is 5.32 Å². The number of likely N-dealkylation sites (N-methyl/N-ethyl adjacent to an activating group) is 1. The Morgan fingerprint density at radius 2 is 1.81 bits per heavy atom. The fourth-order valence-electron chi connectivity index (χ4n) is 1.71. The third kappa shape index (κ3) is 7.06. The molecule has 2 nitrogen and oxygen atoms in total. The van der Waals surface area contributed by atoms with E-state index in [1.807, 2.05) is 20.8 Å². The summed E-state index contributed by atoms with van der Waals surface area (Å²) in [5.74, 6) is 0. The van der Waals surface area contributed by atoms with E-state index in [1.54, 1.807) is 0 Å². The maximum absolute atomic E-state index is 12.0. The molecule has 0 bridgehead atoms. The number of hydrogen-bond acceptors (Lipinski definition) is 2. The van der Waals surface area contributed by atoms with Gasteiger partial charge in [0, 0.05) is 6.04 Å². The lowest BCUT2D eigenvalue weighted by Crippen LogP contribution is -2.42. The standard InChI is InChI=1S/C11H22F3NO/c1-4-7-9(15-6-3)10(5-2)16-8-11(12,13)14/h9-10,15H,4-8H2,1-3H3. The Kier molecular flexibility index (Phi) is 7.76. The summed E-state index contributed by atoms with van der Waals surface area (Å²) in [4.78, 5) is 0. The molecule has 1 N–H and O–H groups in total. The van der Waals surface area contributed by atoms with Gasteiger partial charge in [-0.1, -0.05) is 27.2 Å². The number of ether oxygens (including phenoxy) is 1. The molecule has 0 heterocycles. The first-order valence-electron chi connectivity index (χ1n) is 5.86. The number of alkyl halides is 3. The Morgan fingerprint density at radius 3 is 2.19 bits per heavy atom. The number of nitrogens with one attached hydrogen (secondary N) is 1. The van der Waals surface area contributed by atoms with Crippen LogP contribution in [0.3, 0.4) is 0 Å². The van der Waals surface area contributed by atoms with E-state index >= 15 is 0 Å². The molecule has 0 saturated heterocycles. The SMILES string of the molecule is CCCC(NCC)C(CC)OCC(F)(F)F. The van der Waals surface area contributed by atoms with Gasteiger partial charge in [0.15, 0.2) is 0 Å². The fraction of sp³-hybridized carbons (Fsp3) is 1.00. The Morgan fingerprint density at radius 1 is 1.19 bits per heavy atom. The van der Waals surface area contributed by atoms with E-state index in [4.69, 9.17) is 4.74 Å². The first-order chi connectivity index (χ1) is 7.44. The van der Waals surface area contributed by atoms with Crippen LogP contribution in [-0.4, -0.2) is 31.5 Å². The minimum Gasteiger partial charge on any atom is -0.367 e. The van der Waals surface area contributed by atoms with Gasteiger partial charge in [-0.3, -0.25) is 0 Å². The third-order valence-electron chi connectivity index (χ3n) is 2.38. The van der Waals surface area contributed by atoms with Crippen LogP contribution in [0.2, 0.25) is 0 Å². The second-order valence-electron chi connectivity index (χ2n) is 3.83. The lowest BCUT2D eigenvalue weighted by atomic mass is 10.0. The summed E-state index contributed by atoms with van der Waals surface area (Å²) < 4.78 is 41.1. The van der Waals surface area contributed by atoms with Gasteiger partial charge in [-0.25, -0.2) is 0 Å². The molecule has 0 amide bonds. The third-order valence-corrected chi connectivity index (χ3v) is 2.38. The molecule has 5 heteroatoms. The van der Waals surface area contributed by atoms with Gasteiger partial charge in [-0.05, 0) is 19.4 Å². The molecule has 0 aliphatic heterocycles. The van der Waals surface area contributed by atoms with Gasteiger partial charge >= 0.3 is 6.18 Å². The minimum absolute atomic E-state index is 0.0161. The predicted molar refractivity (Wildman–Crippen MR) is 58.5 cm³/mol. The molecule has 0 spiro atoms. The molecule has 0 aliphatic rings. The van der Waals surface area contributed by atoms with Crippen LogP contribution < -0.4 is 5.32 Å². The smallest absolute Gasteiger partial charge is 0.367 e. The van der Waals surface area contributed by atoms with E-state index in [9.17, 15) is 13.2 Å². The summed E-state index contributed by atoms with van der Waals surface area (Å²) in [5.41, 5.74) is 0. The molecule has 2 atom stereocenters. The number of halogens is 3. The van der Waals surface area contributed by atoms with E-state index in [2.05, 4.69) is 5.32 Å². The quantitative estimate of drug-likeness (QED) is 0.705. The zero-order valence-electron chi connectivity index (χ0n) is 10.2. The molecular weight excluding hydrogens is 219 g/mol. The van der Waals surface area contributed by atoms with Crippen LogP contribution in [0.4, 0.5) is 13.2 Å². The fourth-order valence-corrected chi connectivity index (χ4v) is 1.71. The average Bonchev–Trinajstić information content (AvgIpc) is 2.17. The van der Waals surface area contributed by atoms with Crippen LogP contribution in [0.5, 0.6) is 0 Å². The van der Waals surface area contributed by atoms with Crippen molar-refractivity contribution in [2.45, 2.75) is 58.4 Å². The van der Waals surface area contributed by atoms with Gasteiger partial charge < -0.3 is 10.1 Å². The van der Waals surface area contributed by atoms with Gasteiger partial charge in [0.25, 0.3) is 0 Å². The van der Waals surface area contributed by atoms with Crippen molar-refractivity contribution in [3.8, 4) is 0 Å². The predicted octanol–water partition coefficient (Wildman–Crippen LogP) is 3.12. The summed E-state index contributed by atoms with van der Waals surface area (Å²) in [6.45, 7) is 5.40. The first kappa shape index (κ1) is 15.7. The van der Waals surface area contributed by atoms with Crippen LogP contribution >= 0.6 is 0 Å². The zero-order chi connectivity index (χ0) is 12.6. The van der Waals surface area contributed by atoms with Crippen LogP contribution in [0.25, 0.3) is 0 Å². The van der Waals surface area contributed by atoms with Crippen molar-refractivity contribution in [2.24, 2.45) is 0 Å². The summed E-state index contributed by atoms with van der Waals surface area (Å²) in [6.07, 6.45) is -2.24. The molecule has 2 unspecified atom stereocenters. The molecule has 0 aromatic carbocycles. The summed E-state index contributed by atoms with van der Waals surface area (Å²) in [6, 6.07) is 0.0161. The normalized spacial score (nSPS) is 16.1. The topological polar surface area (TPSA) is 21.3 Å². The molecule has 0 saturated carbocycles. The van der Waals surface area contributed by atoms with E-state index in [0.717, 1.165) is 19.4 Å². The molecule has 0 aromatic heterocycles. The molecule has 0 fully saturated rings. The Labute approximate surface area is 95.5 Å². The van der Waals surface area contributed by atoms with Crippen molar-refractivity contribution >= 4 is 0 Å². The molecule has 98 valence electrons. The lowest BCUT2D eigenvalue weighted by Gasteiger charge is -2.27. The van der Waals surface area contributed by atoms with Crippen molar-refractivity contribution in [3.05, 3.63) is 0 Å². The molecule has 0 aliphatic carbocycles. The highest BCUT2D eigenvalue weighted by Gasteiger charge is 2.30. The minimum atomic E-state index is -4.24. The van der Waals surface area contributed by atoms with Gasteiger partial charge in [0.05, 0.1) is 6.10 Å². The van der Waals surface area contributed by atoms with Crippen molar-refractivity contribution in [3.63, 3.8) is 0 Å². The van der Waals surface area contributed by atoms with Gasteiger partial charge in [0.2, 0.25) is 0 Å². The summed E-state index contributed by atoms with van der Waals surface area (Å²) in [7, 11) is 0. The molecule has 0 radical (unpaired) electrons. The summed E-state index contributed by atoms with van der Waals surface area (Å²) in [5, 5.41) is 3.18. The van der Waals surface area contributed by atoms with Gasteiger partial charge in [0.1, 0.15) is 6.61 Å². The van der Waals surface area contributed by atoms with Crippen LogP contribution in [0, 0.1) is 0 Å². The second-order valence-corrected chi connectivity index (χ2v) is 3.83. The highest BCUT2D eigenvalue weighted by Crippen LogP contribution is 2.18. The molecule has 0 rings (SSSR count). The van der Waals surface area contributed by atoms with E-state index < -0.39 is 12.8 Å². The molecule has 16 heavy (non-hydrogen) atoms. The van der Waals surface area contributed by atoms with E-state index in [0.29, 0.717) is 6.42 Å². The van der Waals surface area contributed by atoms with Crippen LogP contribution in [-0.2, 0) is 4.74 Å². The number of rotatable bonds is 8. The van der Waals surface area contributed by atoms with E-state index in [1.165, 1.54) is 0 Å². The highest BCUT2D eigenvalue weighted by atomic mass is 19.4. The monoisotopic (exact) mass is 241 g/mol. The average molecular weight is 241 g/mol. The summed E-state index contributed by atoms with van der Waals surface area (Å²) >= 11 is 0. The second kappa shape index (κ2) is 7.90. The van der Waals surface area contributed by atoms with E-state index in [-0.39, 0.29) is 12.1 Å². The van der Waals surface area contributed by atoms with Crippen molar-refractivity contribution in [2.75, 3.05) is 13.2 Å². The Bertz CT molecular complexity index is 167. The Hall–Kier alpha value is -0.290. The lowest BCUT2D eigenvalue weighted by molar-refractivity contribution is -0.188. The maximum Gasteiger partial charge on any atom is 0.411 e. The zero-order valence-corrected chi connectivity index (χ0v) is 10.2. The van der Waals surface area contributed by atoms with Crippen LogP contribution in [0.15, 0.2) is 0 Å². The van der Waals surface area contributed by atoms with Crippen LogP contribution in [0.1, 0.15) is 40.0 Å².